The molecule has 2 unspecified atom stereocenters. The van der Waals surface area contributed by atoms with E-state index in [1.54, 1.807) is 0 Å². The quantitative estimate of drug-likeness (QED) is 0.488. The van der Waals surface area contributed by atoms with Crippen molar-refractivity contribution in [1.29, 1.82) is 0 Å². The van der Waals surface area contributed by atoms with Crippen molar-refractivity contribution in [1.82, 2.24) is 14.5 Å². The minimum Gasteiger partial charge on any atom is -0.394 e. The first-order valence-corrected chi connectivity index (χ1v) is 6.26. The van der Waals surface area contributed by atoms with Gasteiger partial charge < -0.3 is 25.0 Å². The van der Waals surface area contributed by atoms with Gasteiger partial charge in [-0.05, 0) is 6.07 Å². The summed E-state index contributed by atoms with van der Waals surface area (Å²) < 4.78 is 6.29. The Morgan fingerprint density at radius 1 is 1.29 bits per heavy atom. The Hall–Kier alpha value is -2.07. The number of hydrogen-bond donors (Lipinski definition) is 4. The Morgan fingerprint density at radius 2 is 2.05 bits per heavy atom. The number of ether oxygens (including phenoxy) is 1. The molecule has 0 amide bonds. The van der Waals surface area contributed by atoms with E-state index in [2.05, 4.69) is 9.97 Å². The molecular formula is C12H13N3O6. The lowest BCUT2D eigenvalue weighted by Gasteiger charge is -2.17. The zero-order chi connectivity index (χ0) is 15.1. The zero-order valence-corrected chi connectivity index (χ0v) is 10.7. The van der Waals surface area contributed by atoms with Gasteiger partial charge in [0.15, 0.2) is 6.23 Å². The molecule has 1 fully saturated rings. The topological polar surface area (TPSA) is 138 Å². The largest absolute Gasteiger partial charge is 0.394 e. The van der Waals surface area contributed by atoms with Gasteiger partial charge in [-0.25, -0.2) is 4.79 Å². The molecule has 0 saturated carbocycles. The van der Waals surface area contributed by atoms with Gasteiger partial charge in [0.05, 0.1) is 6.61 Å². The van der Waals surface area contributed by atoms with Crippen LogP contribution >= 0.6 is 0 Å². The highest BCUT2D eigenvalue weighted by Crippen LogP contribution is 2.28. The van der Waals surface area contributed by atoms with Crippen molar-refractivity contribution in [2.75, 3.05) is 6.61 Å². The van der Waals surface area contributed by atoms with Crippen LogP contribution < -0.4 is 11.2 Å². The second-order valence-corrected chi connectivity index (χ2v) is 4.79. The fourth-order valence-corrected chi connectivity index (χ4v) is 2.32. The second kappa shape index (κ2) is 5.04. The monoisotopic (exact) mass is 295 g/mol. The summed E-state index contributed by atoms with van der Waals surface area (Å²) >= 11 is 0. The van der Waals surface area contributed by atoms with Crippen LogP contribution in [0.3, 0.4) is 0 Å². The summed E-state index contributed by atoms with van der Waals surface area (Å²) in [6.45, 7) is -0.488. The molecule has 21 heavy (non-hydrogen) atoms. The SMILES string of the molecule is O=c1ccc2cn([C@@H]3O[C@H](CO)C(O)C3O)c(=O)nc2[nH]1. The van der Waals surface area contributed by atoms with Crippen molar-refractivity contribution in [3.05, 3.63) is 39.2 Å². The summed E-state index contributed by atoms with van der Waals surface area (Å²) in [5, 5.41) is 29.1. The van der Waals surface area contributed by atoms with Crippen LogP contribution in [0.15, 0.2) is 27.9 Å². The summed E-state index contributed by atoms with van der Waals surface area (Å²) in [4.78, 5) is 29.3. The van der Waals surface area contributed by atoms with E-state index in [1.165, 1.54) is 18.3 Å². The first-order valence-electron chi connectivity index (χ1n) is 6.26. The molecule has 112 valence electrons. The summed E-state index contributed by atoms with van der Waals surface area (Å²) in [6.07, 6.45) is -3.46. The molecule has 1 saturated heterocycles. The molecule has 0 spiro atoms. The summed E-state index contributed by atoms with van der Waals surface area (Å²) in [6, 6.07) is 2.74. The van der Waals surface area contributed by atoms with E-state index in [-0.39, 0.29) is 11.2 Å². The Labute approximate surface area is 117 Å². The van der Waals surface area contributed by atoms with Gasteiger partial charge in [0.2, 0.25) is 5.56 Å². The number of pyridine rings is 1. The lowest BCUT2D eigenvalue weighted by molar-refractivity contribution is -0.0547. The number of nitrogens with zero attached hydrogens (tertiary/aromatic N) is 2. The number of rotatable bonds is 2. The van der Waals surface area contributed by atoms with Crippen LogP contribution in [0.2, 0.25) is 0 Å². The third-order valence-electron chi connectivity index (χ3n) is 3.43. The van der Waals surface area contributed by atoms with Crippen LogP contribution in [0.25, 0.3) is 11.0 Å². The number of aromatic nitrogens is 3. The van der Waals surface area contributed by atoms with Crippen LogP contribution in [0, 0.1) is 0 Å². The molecule has 9 nitrogen and oxygen atoms in total. The number of aliphatic hydroxyl groups excluding tert-OH is 3. The maximum Gasteiger partial charge on any atom is 0.351 e. The normalized spacial score (nSPS) is 29.1. The maximum absolute atomic E-state index is 12.0. The van der Waals surface area contributed by atoms with Crippen LogP contribution in [-0.2, 0) is 4.74 Å². The minimum atomic E-state index is -1.37. The molecule has 0 radical (unpaired) electrons. The van der Waals surface area contributed by atoms with Gasteiger partial charge in [-0.1, -0.05) is 0 Å². The number of aromatic amines is 1. The Balaban J connectivity index is 2.09. The average molecular weight is 295 g/mol. The number of H-pyrrole nitrogens is 1. The zero-order valence-electron chi connectivity index (χ0n) is 10.7. The highest BCUT2D eigenvalue weighted by Gasteiger charge is 2.43. The van der Waals surface area contributed by atoms with Crippen LogP contribution in [0.1, 0.15) is 6.23 Å². The van der Waals surface area contributed by atoms with Gasteiger partial charge in [0.25, 0.3) is 0 Å². The van der Waals surface area contributed by atoms with E-state index in [0.29, 0.717) is 5.39 Å². The van der Waals surface area contributed by atoms with E-state index >= 15 is 0 Å². The number of hydrogen-bond acceptors (Lipinski definition) is 7. The van der Waals surface area contributed by atoms with Crippen LogP contribution in [0.4, 0.5) is 0 Å². The number of aliphatic hydroxyl groups is 3. The van der Waals surface area contributed by atoms with Crippen LogP contribution in [0.5, 0.6) is 0 Å². The minimum absolute atomic E-state index is 0.121. The van der Waals surface area contributed by atoms with Crippen molar-refractivity contribution in [3.63, 3.8) is 0 Å². The van der Waals surface area contributed by atoms with Crippen molar-refractivity contribution in [3.8, 4) is 0 Å². The lowest BCUT2D eigenvalue weighted by atomic mass is 10.1. The van der Waals surface area contributed by atoms with Crippen molar-refractivity contribution >= 4 is 11.0 Å². The van der Waals surface area contributed by atoms with Gasteiger partial charge in [-0.15, -0.1) is 0 Å². The highest BCUT2D eigenvalue weighted by molar-refractivity contribution is 5.72. The van der Waals surface area contributed by atoms with Crippen LogP contribution in [-0.4, -0.2) is 54.8 Å². The van der Waals surface area contributed by atoms with Gasteiger partial charge in [0, 0.05) is 17.6 Å². The summed E-state index contributed by atoms with van der Waals surface area (Å²) in [5.41, 5.74) is -1.02. The van der Waals surface area contributed by atoms with Crippen molar-refractivity contribution < 1.29 is 20.1 Å². The first-order chi connectivity index (χ1) is 10.0. The molecular weight excluding hydrogens is 282 g/mol. The predicted octanol–water partition coefficient (Wildman–Crippen LogP) is -2.30. The third-order valence-corrected chi connectivity index (χ3v) is 3.43. The molecule has 3 rings (SSSR count). The molecule has 4 atom stereocenters. The van der Waals surface area contributed by atoms with E-state index < -0.39 is 36.8 Å². The summed E-state index contributed by atoms with van der Waals surface area (Å²) in [5.74, 6) is 0. The Kier molecular flexibility index (Phi) is 3.33. The molecule has 0 aliphatic carbocycles. The molecule has 0 aromatic carbocycles. The number of nitrogens with one attached hydrogen (secondary N) is 1. The Bertz CT molecular complexity index is 784. The Morgan fingerprint density at radius 3 is 2.71 bits per heavy atom. The van der Waals surface area contributed by atoms with Crippen molar-refractivity contribution in [2.45, 2.75) is 24.5 Å². The van der Waals surface area contributed by atoms with Crippen molar-refractivity contribution in [2.24, 2.45) is 0 Å². The van der Waals surface area contributed by atoms with E-state index in [0.717, 1.165) is 4.57 Å². The average Bonchev–Trinajstić information content (AvgIpc) is 2.74. The van der Waals surface area contributed by atoms with Gasteiger partial charge in [-0.3, -0.25) is 9.36 Å². The van der Waals surface area contributed by atoms with E-state index in [4.69, 9.17) is 9.84 Å². The fraction of sp³-hybridized carbons (Fsp3) is 0.417. The van der Waals surface area contributed by atoms with E-state index in [9.17, 15) is 19.8 Å². The smallest absolute Gasteiger partial charge is 0.351 e. The predicted molar refractivity (Wildman–Crippen MR) is 69.6 cm³/mol. The number of fused-ring (bicyclic) bond motifs is 1. The van der Waals surface area contributed by atoms with Gasteiger partial charge in [-0.2, -0.15) is 4.98 Å². The third kappa shape index (κ3) is 2.25. The molecule has 0 bridgehead atoms. The molecule has 2 aromatic heterocycles. The molecule has 4 N–H and O–H groups in total. The first kappa shape index (κ1) is 13.9. The molecule has 3 heterocycles. The second-order valence-electron chi connectivity index (χ2n) is 4.79. The molecule has 1 aliphatic heterocycles. The maximum atomic E-state index is 12.0. The van der Waals surface area contributed by atoms with Gasteiger partial charge in [0.1, 0.15) is 24.0 Å². The molecule has 1 aliphatic rings. The van der Waals surface area contributed by atoms with E-state index in [1.807, 2.05) is 0 Å². The molecule has 9 heteroatoms. The summed E-state index contributed by atoms with van der Waals surface area (Å²) in [7, 11) is 0. The fourth-order valence-electron chi connectivity index (χ4n) is 2.32. The van der Waals surface area contributed by atoms with Gasteiger partial charge >= 0.3 is 5.69 Å². The molecule has 2 aromatic rings. The lowest BCUT2D eigenvalue weighted by Crippen LogP contribution is -2.36. The standard InChI is InChI=1S/C12H13N3O6/c16-4-6-8(18)9(19)11(21-6)15-3-5-1-2-7(17)13-10(5)14-12(15)20/h1-3,6,8-9,11,16,18-19H,4H2,(H,13,14,17,20)/t6-,8?,9?,11-/m1/s1. The highest BCUT2D eigenvalue weighted by atomic mass is 16.6.